The smallest absolute Gasteiger partial charge is 0.302 e. The van der Waals surface area contributed by atoms with Gasteiger partial charge in [-0.2, -0.15) is 0 Å². The van der Waals surface area contributed by atoms with Crippen LogP contribution in [0.3, 0.4) is 0 Å². The zero-order chi connectivity index (χ0) is 18.5. The van der Waals surface area contributed by atoms with E-state index in [1.165, 1.54) is 38.3 Å². The van der Waals surface area contributed by atoms with Crippen LogP contribution in [0, 0.1) is 5.82 Å². The molecule has 0 amide bonds. The second kappa shape index (κ2) is 8.29. The Balaban J connectivity index is 1.86. The molecule has 0 atom stereocenters. The van der Waals surface area contributed by atoms with Crippen molar-refractivity contribution in [3.63, 3.8) is 0 Å². The number of hydrogen-bond acceptors (Lipinski definition) is 5. The van der Waals surface area contributed by atoms with Crippen LogP contribution in [0.25, 0.3) is 0 Å². The minimum atomic E-state index is -0.329. The van der Waals surface area contributed by atoms with E-state index in [0.717, 1.165) is 24.4 Å². The number of halogens is 1. The minimum absolute atomic E-state index is 0.221. The molecule has 6 nitrogen and oxygen atoms in total. The fourth-order valence-electron chi connectivity index (χ4n) is 3.53. The molecule has 26 heavy (non-hydrogen) atoms. The molecule has 0 radical (unpaired) electrons. The van der Waals surface area contributed by atoms with Gasteiger partial charge in [-0.1, -0.05) is 19.3 Å². The molecular formula is C19H25FN4O2. The molecule has 1 aromatic heterocycles. The summed E-state index contributed by atoms with van der Waals surface area (Å²) < 4.78 is 20.4. The van der Waals surface area contributed by atoms with Gasteiger partial charge in [0.25, 0.3) is 0 Å². The van der Waals surface area contributed by atoms with E-state index >= 15 is 0 Å². The van der Waals surface area contributed by atoms with E-state index in [9.17, 15) is 9.18 Å². The van der Waals surface area contributed by atoms with Gasteiger partial charge in [0.1, 0.15) is 18.2 Å². The Bertz CT molecular complexity index is 738. The lowest BCUT2D eigenvalue weighted by molar-refractivity contribution is -0.140. The van der Waals surface area contributed by atoms with Gasteiger partial charge in [0.05, 0.1) is 6.54 Å². The Morgan fingerprint density at radius 1 is 1.23 bits per heavy atom. The maximum absolute atomic E-state index is 13.3. The maximum atomic E-state index is 13.3. The zero-order valence-electron chi connectivity index (χ0n) is 15.3. The largest absolute Gasteiger partial charge is 0.464 e. The summed E-state index contributed by atoms with van der Waals surface area (Å²) in [5.41, 5.74) is 0.782. The van der Waals surface area contributed by atoms with Crippen molar-refractivity contribution in [3.8, 4) is 0 Å². The number of rotatable bonds is 6. The lowest BCUT2D eigenvalue weighted by Crippen LogP contribution is -2.26. The SMILES string of the molecule is CC(=O)OCCN(c1ccc(F)cc1)c1nnc(C2CCCCC2)n1C. The van der Waals surface area contributed by atoms with Crippen LogP contribution in [0.15, 0.2) is 24.3 Å². The second-order valence-corrected chi connectivity index (χ2v) is 6.72. The lowest BCUT2D eigenvalue weighted by atomic mass is 9.89. The quantitative estimate of drug-likeness (QED) is 0.735. The van der Waals surface area contributed by atoms with Gasteiger partial charge in [0, 0.05) is 25.6 Å². The molecule has 0 unspecified atom stereocenters. The fourth-order valence-corrected chi connectivity index (χ4v) is 3.53. The Morgan fingerprint density at radius 3 is 2.58 bits per heavy atom. The molecule has 3 rings (SSSR count). The number of esters is 1. The Hall–Kier alpha value is -2.44. The molecule has 1 saturated carbocycles. The summed E-state index contributed by atoms with van der Waals surface area (Å²) in [5.74, 6) is 1.46. The third kappa shape index (κ3) is 4.20. The first-order valence-corrected chi connectivity index (χ1v) is 9.12. The number of nitrogens with zero attached hydrogens (tertiary/aromatic N) is 4. The molecule has 1 aliphatic carbocycles. The van der Waals surface area contributed by atoms with Crippen molar-refractivity contribution in [1.82, 2.24) is 14.8 Å². The van der Waals surface area contributed by atoms with Crippen LogP contribution in [0.5, 0.6) is 0 Å². The van der Waals surface area contributed by atoms with Gasteiger partial charge in [-0.25, -0.2) is 4.39 Å². The zero-order valence-corrected chi connectivity index (χ0v) is 15.3. The molecule has 1 heterocycles. The van der Waals surface area contributed by atoms with E-state index in [2.05, 4.69) is 10.2 Å². The summed E-state index contributed by atoms with van der Waals surface area (Å²) in [6, 6.07) is 6.20. The van der Waals surface area contributed by atoms with E-state index in [1.54, 1.807) is 12.1 Å². The van der Waals surface area contributed by atoms with Crippen LogP contribution < -0.4 is 4.90 Å². The van der Waals surface area contributed by atoms with Crippen molar-refractivity contribution in [1.29, 1.82) is 0 Å². The van der Waals surface area contributed by atoms with Crippen molar-refractivity contribution in [2.45, 2.75) is 44.9 Å². The van der Waals surface area contributed by atoms with E-state index in [0.29, 0.717) is 18.4 Å². The first kappa shape index (κ1) is 18.4. The number of anilines is 2. The maximum Gasteiger partial charge on any atom is 0.302 e. The van der Waals surface area contributed by atoms with E-state index in [-0.39, 0.29) is 18.4 Å². The molecule has 1 fully saturated rings. The summed E-state index contributed by atoms with van der Waals surface area (Å²) in [4.78, 5) is 13.0. The fraction of sp³-hybridized carbons (Fsp3) is 0.526. The van der Waals surface area contributed by atoms with Crippen LogP contribution in [0.1, 0.15) is 50.8 Å². The first-order chi connectivity index (χ1) is 12.6. The third-order valence-electron chi connectivity index (χ3n) is 4.86. The molecule has 0 saturated heterocycles. The molecule has 0 spiro atoms. The van der Waals surface area contributed by atoms with Gasteiger partial charge in [0.15, 0.2) is 0 Å². The van der Waals surface area contributed by atoms with Crippen molar-refractivity contribution in [3.05, 3.63) is 35.9 Å². The van der Waals surface area contributed by atoms with Gasteiger partial charge in [0.2, 0.25) is 5.95 Å². The molecule has 7 heteroatoms. The summed E-state index contributed by atoms with van der Waals surface area (Å²) >= 11 is 0. The molecule has 2 aromatic rings. The van der Waals surface area contributed by atoms with Gasteiger partial charge in [-0.05, 0) is 37.1 Å². The van der Waals surface area contributed by atoms with Gasteiger partial charge in [-0.3, -0.25) is 9.36 Å². The lowest BCUT2D eigenvalue weighted by Gasteiger charge is -2.25. The molecule has 0 bridgehead atoms. The van der Waals surface area contributed by atoms with Crippen LogP contribution in [-0.4, -0.2) is 33.9 Å². The van der Waals surface area contributed by atoms with Crippen LogP contribution in [-0.2, 0) is 16.6 Å². The van der Waals surface area contributed by atoms with Crippen molar-refractivity contribution in [2.75, 3.05) is 18.1 Å². The Kier molecular flexibility index (Phi) is 5.85. The number of carbonyl (C=O) groups is 1. The Morgan fingerprint density at radius 2 is 1.92 bits per heavy atom. The highest BCUT2D eigenvalue weighted by Crippen LogP contribution is 2.33. The second-order valence-electron chi connectivity index (χ2n) is 6.72. The number of benzene rings is 1. The van der Waals surface area contributed by atoms with Crippen molar-refractivity contribution < 1.29 is 13.9 Å². The van der Waals surface area contributed by atoms with Crippen LogP contribution >= 0.6 is 0 Å². The number of ether oxygens (including phenoxy) is 1. The highest BCUT2D eigenvalue weighted by Gasteiger charge is 2.24. The van der Waals surface area contributed by atoms with Crippen LogP contribution in [0.2, 0.25) is 0 Å². The molecule has 0 N–H and O–H groups in total. The first-order valence-electron chi connectivity index (χ1n) is 9.12. The number of hydrogen-bond donors (Lipinski definition) is 0. The van der Waals surface area contributed by atoms with Crippen LogP contribution in [0.4, 0.5) is 16.0 Å². The molecular weight excluding hydrogens is 335 g/mol. The highest BCUT2D eigenvalue weighted by molar-refractivity contribution is 5.66. The molecule has 1 aliphatic rings. The average Bonchev–Trinajstić information content (AvgIpc) is 3.01. The monoisotopic (exact) mass is 360 g/mol. The summed E-state index contributed by atoms with van der Waals surface area (Å²) in [7, 11) is 1.96. The third-order valence-corrected chi connectivity index (χ3v) is 4.86. The number of aromatic nitrogens is 3. The minimum Gasteiger partial charge on any atom is -0.464 e. The predicted molar refractivity (Wildman–Crippen MR) is 96.9 cm³/mol. The normalized spacial score (nSPS) is 15.0. The van der Waals surface area contributed by atoms with Gasteiger partial charge < -0.3 is 9.64 Å². The predicted octanol–water partition coefficient (Wildman–Crippen LogP) is 3.70. The van der Waals surface area contributed by atoms with E-state index in [1.807, 2.05) is 16.5 Å². The van der Waals surface area contributed by atoms with Gasteiger partial charge in [-0.15, -0.1) is 10.2 Å². The number of carbonyl (C=O) groups excluding carboxylic acids is 1. The summed E-state index contributed by atoms with van der Waals surface area (Å²) in [6.45, 7) is 2.02. The summed E-state index contributed by atoms with van der Waals surface area (Å²) in [6.07, 6.45) is 6.00. The Labute approximate surface area is 153 Å². The average molecular weight is 360 g/mol. The van der Waals surface area contributed by atoms with E-state index < -0.39 is 0 Å². The molecule has 1 aromatic carbocycles. The van der Waals surface area contributed by atoms with Crippen molar-refractivity contribution >= 4 is 17.6 Å². The summed E-state index contributed by atoms with van der Waals surface area (Å²) in [5, 5.41) is 8.83. The molecule has 0 aliphatic heterocycles. The van der Waals surface area contributed by atoms with Crippen molar-refractivity contribution in [2.24, 2.45) is 7.05 Å². The highest BCUT2D eigenvalue weighted by atomic mass is 19.1. The van der Waals surface area contributed by atoms with E-state index in [4.69, 9.17) is 4.74 Å². The molecule has 140 valence electrons. The topological polar surface area (TPSA) is 60.2 Å². The van der Waals surface area contributed by atoms with Gasteiger partial charge >= 0.3 is 5.97 Å². The standard InChI is InChI=1S/C19H25FN4O2/c1-14(25)26-13-12-24(17-10-8-16(20)9-11-17)19-22-21-18(23(19)2)15-6-4-3-5-7-15/h8-11,15H,3-7,12-13H2,1-2H3.